The van der Waals surface area contributed by atoms with E-state index in [-0.39, 0.29) is 36.4 Å². The molecule has 10 heteroatoms. The minimum absolute atomic E-state index is 0.0687. The third-order valence-electron chi connectivity index (χ3n) is 8.14. The van der Waals surface area contributed by atoms with E-state index in [0.717, 1.165) is 31.2 Å². The summed E-state index contributed by atoms with van der Waals surface area (Å²) in [6, 6.07) is 16.6. The van der Waals surface area contributed by atoms with Crippen molar-refractivity contribution in [2.24, 2.45) is 11.8 Å². The number of nitrogens with zero attached hydrogens (tertiary/aromatic N) is 3. The lowest BCUT2D eigenvalue weighted by Crippen LogP contribution is -2.44. The summed E-state index contributed by atoms with van der Waals surface area (Å²) in [6.45, 7) is 8.41. The monoisotopic (exact) mass is 607 g/mol. The second-order valence-corrected chi connectivity index (χ2v) is 12.6. The first kappa shape index (κ1) is 32.8. The Hall–Kier alpha value is -4.08. The van der Waals surface area contributed by atoms with E-state index in [1.54, 1.807) is 34.1 Å². The summed E-state index contributed by atoms with van der Waals surface area (Å²) in [4.78, 5) is 56.0. The number of hydrogen-bond donors (Lipinski definition) is 0. The molecule has 0 N–H and O–H groups in total. The van der Waals surface area contributed by atoms with Crippen LogP contribution in [0.3, 0.4) is 0 Å². The molecule has 2 saturated heterocycles. The van der Waals surface area contributed by atoms with Gasteiger partial charge in [-0.05, 0) is 88.1 Å². The largest absolute Gasteiger partial charge is 0.469 e. The molecular formula is C34H45N3O7. The van der Waals surface area contributed by atoms with Crippen LogP contribution < -0.4 is 4.90 Å². The fraction of sp³-hybridized carbons (Fsp3) is 0.529. The van der Waals surface area contributed by atoms with Crippen LogP contribution in [0.25, 0.3) is 0 Å². The normalized spacial score (nSPS) is 16.3. The first-order valence-electron chi connectivity index (χ1n) is 15.4. The van der Waals surface area contributed by atoms with Crippen molar-refractivity contribution in [3.05, 3.63) is 65.7 Å². The van der Waals surface area contributed by atoms with E-state index in [4.69, 9.17) is 14.2 Å². The first-order valence-corrected chi connectivity index (χ1v) is 15.4. The highest BCUT2D eigenvalue weighted by Gasteiger charge is 2.30. The van der Waals surface area contributed by atoms with Crippen molar-refractivity contribution in [3.63, 3.8) is 0 Å². The number of methoxy groups -OCH3 is 1. The predicted octanol–water partition coefficient (Wildman–Crippen LogP) is 5.89. The predicted molar refractivity (Wildman–Crippen MR) is 166 cm³/mol. The summed E-state index contributed by atoms with van der Waals surface area (Å²) in [5.41, 5.74) is 1.53. The minimum atomic E-state index is -0.554. The summed E-state index contributed by atoms with van der Waals surface area (Å²) in [6.07, 6.45) is 2.57. The van der Waals surface area contributed by atoms with Crippen LogP contribution in [0.15, 0.2) is 54.6 Å². The molecule has 0 unspecified atom stereocenters. The van der Waals surface area contributed by atoms with Crippen LogP contribution in [0.5, 0.6) is 0 Å². The fourth-order valence-corrected chi connectivity index (χ4v) is 5.59. The zero-order valence-electron chi connectivity index (χ0n) is 26.3. The Morgan fingerprint density at radius 2 is 1.41 bits per heavy atom. The molecule has 0 aliphatic carbocycles. The summed E-state index contributed by atoms with van der Waals surface area (Å²) in [5.74, 6) is 0.0949. The van der Waals surface area contributed by atoms with Crippen molar-refractivity contribution in [1.82, 2.24) is 9.80 Å². The van der Waals surface area contributed by atoms with Crippen LogP contribution in [0.1, 0.15) is 68.8 Å². The standard InChI is InChI=1S/C34H45N3O7/c1-34(2,3)44-32(40)36-20-16-26(17-21-36)23-37(33(41)43-24-27-8-6-5-7-9-27)29-12-10-28(11-13-29)31(39)35-18-14-25(15-19-35)22-30(38)42-4/h5-13,25-26H,14-24H2,1-4H3. The Morgan fingerprint density at radius 1 is 0.818 bits per heavy atom. The van der Waals surface area contributed by atoms with E-state index < -0.39 is 11.7 Å². The molecule has 2 aromatic rings. The van der Waals surface area contributed by atoms with Crippen LogP contribution in [-0.4, -0.2) is 79.3 Å². The van der Waals surface area contributed by atoms with Crippen molar-refractivity contribution in [3.8, 4) is 0 Å². The second-order valence-electron chi connectivity index (χ2n) is 12.6. The third-order valence-corrected chi connectivity index (χ3v) is 8.14. The van der Waals surface area contributed by atoms with Gasteiger partial charge in [-0.1, -0.05) is 30.3 Å². The number of amides is 3. The quantitative estimate of drug-likeness (QED) is 0.272. The molecule has 4 rings (SSSR count). The average Bonchev–Trinajstić information content (AvgIpc) is 3.02. The van der Waals surface area contributed by atoms with Crippen molar-refractivity contribution in [2.45, 2.75) is 65.1 Å². The Bertz CT molecular complexity index is 1260. The fourth-order valence-electron chi connectivity index (χ4n) is 5.59. The number of anilines is 1. The van der Waals surface area contributed by atoms with Crippen LogP contribution >= 0.6 is 0 Å². The molecule has 2 aromatic carbocycles. The van der Waals surface area contributed by atoms with Crippen LogP contribution in [-0.2, 0) is 25.6 Å². The molecule has 0 atom stereocenters. The number of likely N-dealkylation sites (tertiary alicyclic amines) is 2. The summed E-state index contributed by atoms with van der Waals surface area (Å²) in [5, 5.41) is 0. The van der Waals surface area contributed by atoms with Gasteiger partial charge < -0.3 is 24.0 Å². The Labute approximate surface area is 260 Å². The van der Waals surface area contributed by atoms with E-state index in [1.807, 2.05) is 56.0 Å². The molecule has 2 aliphatic rings. The molecule has 0 aromatic heterocycles. The number of carbonyl (C=O) groups is 4. The SMILES string of the molecule is COC(=O)CC1CCN(C(=O)c2ccc(N(CC3CCN(C(=O)OC(C)(C)C)CC3)C(=O)OCc3ccccc3)cc2)CC1. The third kappa shape index (κ3) is 9.46. The number of benzene rings is 2. The highest BCUT2D eigenvalue weighted by Crippen LogP contribution is 2.26. The molecule has 238 valence electrons. The zero-order chi connectivity index (χ0) is 31.7. The summed E-state index contributed by atoms with van der Waals surface area (Å²) < 4.78 is 16.0. The van der Waals surface area contributed by atoms with Crippen molar-refractivity contribution in [1.29, 1.82) is 0 Å². The van der Waals surface area contributed by atoms with Crippen LogP contribution in [0, 0.1) is 11.8 Å². The molecule has 0 spiro atoms. The Balaban J connectivity index is 1.40. The van der Waals surface area contributed by atoms with Gasteiger partial charge in [-0.2, -0.15) is 0 Å². The van der Waals surface area contributed by atoms with Gasteiger partial charge in [0.1, 0.15) is 12.2 Å². The average molecular weight is 608 g/mol. The van der Waals surface area contributed by atoms with E-state index >= 15 is 0 Å². The maximum Gasteiger partial charge on any atom is 0.414 e. The maximum atomic E-state index is 13.4. The van der Waals surface area contributed by atoms with Gasteiger partial charge in [0, 0.05) is 50.4 Å². The summed E-state index contributed by atoms with van der Waals surface area (Å²) >= 11 is 0. The van der Waals surface area contributed by atoms with Gasteiger partial charge in [-0.15, -0.1) is 0 Å². The van der Waals surface area contributed by atoms with E-state index in [1.165, 1.54) is 7.11 Å². The zero-order valence-corrected chi connectivity index (χ0v) is 26.3. The minimum Gasteiger partial charge on any atom is -0.469 e. The maximum absolute atomic E-state index is 13.4. The number of hydrogen-bond acceptors (Lipinski definition) is 7. The molecule has 0 bridgehead atoms. The van der Waals surface area contributed by atoms with Crippen molar-refractivity contribution in [2.75, 3.05) is 44.7 Å². The van der Waals surface area contributed by atoms with E-state index in [2.05, 4.69) is 0 Å². The topological polar surface area (TPSA) is 106 Å². The Morgan fingerprint density at radius 3 is 2.00 bits per heavy atom. The number of ether oxygens (including phenoxy) is 3. The molecular weight excluding hydrogens is 562 g/mol. The van der Waals surface area contributed by atoms with Gasteiger partial charge in [0.05, 0.1) is 7.11 Å². The van der Waals surface area contributed by atoms with Gasteiger partial charge in [-0.3, -0.25) is 14.5 Å². The van der Waals surface area contributed by atoms with Gasteiger partial charge in [-0.25, -0.2) is 9.59 Å². The van der Waals surface area contributed by atoms with Gasteiger partial charge in [0.25, 0.3) is 5.91 Å². The lowest BCUT2D eigenvalue weighted by atomic mass is 9.93. The number of carbonyl (C=O) groups excluding carboxylic acids is 4. The molecule has 2 fully saturated rings. The first-order chi connectivity index (χ1) is 21.0. The van der Waals surface area contributed by atoms with Crippen LogP contribution in [0.2, 0.25) is 0 Å². The lowest BCUT2D eigenvalue weighted by molar-refractivity contribution is -0.142. The lowest BCUT2D eigenvalue weighted by Gasteiger charge is -2.35. The van der Waals surface area contributed by atoms with Gasteiger partial charge >= 0.3 is 18.2 Å². The molecule has 2 heterocycles. The highest BCUT2D eigenvalue weighted by atomic mass is 16.6. The van der Waals surface area contributed by atoms with Gasteiger partial charge in [0.2, 0.25) is 0 Å². The smallest absolute Gasteiger partial charge is 0.414 e. The molecule has 2 aliphatic heterocycles. The highest BCUT2D eigenvalue weighted by molar-refractivity contribution is 5.95. The van der Waals surface area contributed by atoms with E-state index in [9.17, 15) is 19.2 Å². The molecule has 10 nitrogen and oxygen atoms in total. The summed E-state index contributed by atoms with van der Waals surface area (Å²) in [7, 11) is 1.39. The molecule has 0 saturated carbocycles. The second kappa shape index (κ2) is 15.1. The van der Waals surface area contributed by atoms with Crippen LogP contribution in [0.4, 0.5) is 15.3 Å². The number of esters is 1. The van der Waals surface area contributed by atoms with E-state index in [0.29, 0.717) is 50.4 Å². The number of rotatable bonds is 8. The molecule has 0 radical (unpaired) electrons. The Kier molecular flexibility index (Phi) is 11.3. The molecule has 44 heavy (non-hydrogen) atoms. The van der Waals surface area contributed by atoms with Gasteiger partial charge in [0.15, 0.2) is 0 Å². The van der Waals surface area contributed by atoms with Crippen molar-refractivity contribution >= 4 is 29.8 Å². The number of piperidine rings is 2. The van der Waals surface area contributed by atoms with Crippen molar-refractivity contribution < 1.29 is 33.4 Å². The molecule has 3 amide bonds.